The molecule has 5 nitrogen and oxygen atoms in total. The van der Waals surface area contributed by atoms with E-state index in [0.717, 1.165) is 17.0 Å². The van der Waals surface area contributed by atoms with Crippen molar-refractivity contribution in [2.45, 2.75) is 33.7 Å². The number of nitrogens with one attached hydrogen (secondary N) is 1. The van der Waals surface area contributed by atoms with E-state index in [1.54, 1.807) is 13.0 Å². The predicted molar refractivity (Wildman–Crippen MR) is 63.8 cm³/mol. The Bertz CT molecular complexity index is 415. The van der Waals surface area contributed by atoms with Gasteiger partial charge in [0.05, 0.1) is 5.69 Å². The van der Waals surface area contributed by atoms with Gasteiger partial charge in [-0.25, -0.2) is 4.79 Å². The molecule has 0 aliphatic heterocycles. The molecule has 0 aromatic carbocycles. The number of carboxylic acids is 1. The number of aryl methyl sites for hydroxylation is 2. The standard InChI is InChI=1S/C12H18N2O3/c1-7(12(15)16)5-6-13-8(2)11-9(3)14-17-10(11)4/h5,8,13H,6H2,1-4H3,(H,15,16)/b7-5-. The van der Waals surface area contributed by atoms with Gasteiger partial charge in [0.25, 0.3) is 0 Å². The van der Waals surface area contributed by atoms with Crippen molar-refractivity contribution in [3.63, 3.8) is 0 Å². The molecule has 0 aliphatic rings. The fourth-order valence-electron chi connectivity index (χ4n) is 1.69. The molecule has 2 N–H and O–H groups in total. The Hall–Kier alpha value is -1.62. The van der Waals surface area contributed by atoms with Crippen molar-refractivity contribution in [3.05, 3.63) is 28.7 Å². The maximum atomic E-state index is 10.6. The molecule has 1 rings (SSSR count). The molecule has 1 aromatic rings. The number of nitrogens with zero attached hydrogens (tertiary/aromatic N) is 1. The average molecular weight is 238 g/mol. The van der Waals surface area contributed by atoms with Gasteiger partial charge >= 0.3 is 5.97 Å². The van der Waals surface area contributed by atoms with E-state index < -0.39 is 5.97 Å². The zero-order chi connectivity index (χ0) is 13.0. The van der Waals surface area contributed by atoms with Crippen molar-refractivity contribution in [3.8, 4) is 0 Å². The molecule has 1 atom stereocenters. The average Bonchev–Trinajstić information content (AvgIpc) is 2.58. The molecule has 1 heterocycles. The van der Waals surface area contributed by atoms with Crippen LogP contribution in [0.2, 0.25) is 0 Å². The number of carboxylic acid groups (broad SMARTS) is 1. The maximum Gasteiger partial charge on any atom is 0.330 e. The number of aliphatic carboxylic acids is 1. The molecule has 1 aromatic heterocycles. The lowest BCUT2D eigenvalue weighted by Gasteiger charge is -2.11. The summed E-state index contributed by atoms with van der Waals surface area (Å²) in [5.41, 5.74) is 2.23. The predicted octanol–water partition coefficient (Wildman–Crippen LogP) is 1.97. The lowest BCUT2D eigenvalue weighted by atomic mass is 10.1. The first-order valence-corrected chi connectivity index (χ1v) is 5.49. The zero-order valence-electron chi connectivity index (χ0n) is 10.6. The van der Waals surface area contributed by atoms with Crippen LogP contribution >= 0.6 is 0 Å². The molecule has 0 radical (unpaired) electrons. The summed E-state index contributed by atoms with van der Waals surface area (Å²) in [7, 11) is 0. The Balaban J connectivity index is 2.60. The summed E-state index contributed by atoms with van der Waals surface area (Å²) in [5, 5.41) is 15.8. The highest BCUT2D eigenvalue weighted by Crippen LogP contribution is 2.20. The van der Waals surface area contributed by atoms with Gasteiger partial charge in [0.1, 0.15) is 5.76 Å². The third kappa shape index (κ3) is 3.42. The molecule has 0 amide bonds. The second-order valence-electron chi connectivity index (χ2n) is 4.06. The number of hydrogen-bond acceptors (Lipinski definition) is 4. The summed E-state index contributed by atoms with van der Waals surface area (Å²) in [6, 6.07) is 0.0825. The van der Waals surface area contributed by atoms with Crippen molar-refractivity contribution < 1.29 is 14.4 Å². The Labute approximate surface area is 100 Å². The van der Waals surface area contributed by atoms with Crippen LogP contribution in [0.5, 0.6) is 0 Å². The smallest absolute Gasteiger partial charge is 0.330 e. The van der Waals surface area contributed by atoms with Gasteiger partial charge in [-0.05, 0) is 27.7 Å². The highest BCUT2D eigenvalue weighted by atomic mass is 16.5. The molecular formula is C12H18N2O3. The van der Waals surface area contributed by atoms with E-state index in [0.29, 0.717) is 12.1 Å². The maximum absolute atomic E-state index is 10.6. The largest absolute Gasteiger partial charge is 0.478 e. The number of carbonyl (C=O) groups is 1. The van der Waals surface area contributed by atoms with E-state index in [1.807, 2.05) is 20.8 Å². The summed E-state index contributed by atoms with van der Waals surface area (Å²) in [6.45, 7) is 7.83. The van der Waals surface area contributed by atoms with Crippen LogP contribution in [0.15, 0.2) is 16.2 Å². The van der Waals surface area contributed by atoms with Crippen LogP contribution in [-0.2, 0) is 4.79 Å². The minimum Gasteiger partial charge on any atom is -0.478 e. The van der Waals surface area contributed by atoms with E-state index >= 15 is 0 Å². The summed E-state index contributed by atoms with van der Waals surface area (Å²) in [6.07, 6.45) is 1.65. The minimum atomic E-state index is -0.892. The third-order valence-electron chi connectivity index (χ3n) is 2.69. The topological polar surface area (TPSA) is 75.4 Å². The third-order valence-corrected chi connectivity index (χ3v) is 2.69. The first-order chi connectivity index (χ1) is 7.93. The van der Waals surface area contributed by atoms with Gasteiger partial charge in [-0.15, -0.1) is 0 Å². The molecule has 0 aliphatic carbocycles. The first-order valence-electron chi connectivity index (χ1n) is 5.49. The Morgan fingerprint density at radius 3 is 2.71 bits per heavy atom. The highest BCUT2D eigenvalue weighted by molar-refractivity contribution is 5.85. The van der Waals surface area contributed by atoms with Crippen LogP contribution in [0.1, 0.15) is 36.9 Å². The van der Waals surface area contributed by atoms with Crippen molar-refractivity contribution in [2.75, 3.05) is 6.54 Å². The van der Waals surface area contributed by atoms with E-state index in [2.05, 4.69) is 10.5 Å². The van der Waals surface area contributed by atoms with E-state index in [9.17, 15) is 4.79 Å². The summed E-state index contributed by atoms with van der Waals surface area (Å²) >= 11 is 0. The Morgan fingerprint density at radius 2 is 2.24 bits per heavy atom. The van der Waals surface area contributed by atoms with Crippen LogP contribution in [0.3, 0.4) is 0 Å². The molecule has 94 valence electrons. The van der Waals surface area contributed by atoms with E-state index in [4.69, 9.17) is 9.63 Å². The minimum absolute atomic E-state index is 0.0825. The van der Waals surface area contributed by atoms with Crippen molar-refractivity contribution >= 4 is 5.97 Å². The van der Waals surface area contributed by atoms with Gasteiger partial charge in [0, 0.05) is 23.7 Å². The molecular weight excluding hydrogens is 220 g/mol. The van der Waals surface area contributed by atoms with Gasteiger partial charge in [-0.2, -0.15) is 0 Å². The molecule has 0 bridgehead atoms. The summed E-state index contributed by atoms with van der Waals surface area (Å²) < 4.78 is 5.08. The molecule has 0 saturated carbocycles. The molecule has 0 saturated heterocycles. The lowest BCUT2D eigenvalue weighted by molar-refractivity contribution is -0.132. The SMILES string of the molecule is C/C(=C/CNC(C)c1c(C)noc1C)C(=O)O. The number of hydrogen-bond donors (Lipinski definition) is 2. The van der Waals surface area contributed by atoms with Crippen LogP contribution in [0.4, 0.5) is 0 Å². The highest BCUT2D eigenvalue weighted by Gasteiger charge is 2.15. The van der Waals surface area contributed by atoms with E-state index in [-0.39, 0.29) is 6.04 Å². The van der Waals surface area contributed by atoms with Crippen molar-refractivity contribution in [1.82, 2.24) is 10.5 Å². The van der Waals surface area contributed by atoms with Crippen molar-refractivity contribution in [1.29, 1.82) is 0 Å². The summed E-state index contributed by atoms with van der Waals surface area (Å²) in [4.78, 5) is 10.6. The quantitative estimate of drug-likeness (QED) is 0.767. The van der Waals surface area contributed by atoms with Crippen LogP contribution in [0, 0.1) is 13.8 Å². The van der Waals surface area contributed by atoms with Crippen LogP contribution < -0.4 is 5.32 Å². The number of rotatable bonds is 5. The van der Waals surface area contributed by atoms with E-state index in [1.165, 1.54) is 0 Å². The molecule has 1 unspecified atom stereocenters. The monoisotopic (exact) mass is 238 g/mol. The molecule has 17 heavy (non-hydrogen) atoms. The van der Waals surface area contributed by atoms with Crippen LogP contribution in [-0.4, -0.2) is 22.8 Å². The van der Waals surface area contributed by atoms with Gasteiger partial charge in [0.15, 0.2) is 0 Å². The molecule has 0 spiro atoms. The lowest BCUT2D eigenvalue weighted by Crippen LogP contribution is -2.20. The molecule has 5 heteroatoms. The summed E-state index contributed by atoms with van der Waals surface area (Å²) in [5.74, 6) is -0.0989. The van der Waals surface area contributed by atoms with Gasteiger partial charge < -0.3 is 14.9 Å². The van der Waals surface area contributed by atoms with Gasteiger partial charge in [0.2, 0.25) is 0 Å². The Morgan fingerprint density at radius 1 is 1.59 bits per heavy atom. The fourth-order valence-corrected chi connectivity index (χ4v) is 1.69. The van der Waals surface area contributed by atoms with Gasteiger partial charge in [-0.1, -0.05) is 11.2 Å². The Kier molecular flexibility index (Phi) is 4.45. The fraction of sp³-hybridized carbons (Fsp3) is 0.500. The first kappa shape index (κ1) is 13.4. The van der Waals surface area contributed by atoms with Gasteiger partial charge in [-0.3, -0.25) is 0 Å². The van der Waals surface area contributed by atoms with Crippen molar-refractivity contribution in [2.24, 2.45) is 0 Å². The second kappa shape index (κ2) is 5.63. The normalized spacial score (nSPS) is 13.8. The molecule has 0 fully saturated rings. The second-order valence-corrected chi connectivity index (χ2v) is 4.06. The zero-order valence-corrected chi connectivity index (χ0v) is 10.6. The number of aromatic nitrogens is 1. The van der Waals surface area contributed by atoms with Crippen LogP contribution in [0.25, 0.3) is 0 Å².